The Morgan fingerprint density at radius 3 is 2.62 bits per heavy atom. The van der Waals surface area contributed by atoms with Gasteiger partial charge in [0.15, 0.2) is 0 Å². The van der Waals surface area contributed by atoms with E-state index in [0.29, 0.717) is 0 Å². The van der Waals surface area contributed by atoms with Gasteiger partial charge < -0.3 is 10.2 Å². The zero-order valence-electron chi connectivity index (χ0n) is 10.1. The maximum Gasteiger partial charge on any atom is 0.0573 e. The van der Waals surface area contributed by atoms with Gasteiger partial charge in [-0.2, -0.15) is 0 Å². The molecule has 0 atom stereocenters. The highest BCUT2D eigenvalue weighted by Gasteiger charge is 2.10. The molecule has 0 spiro atoms. The van der Waals surface area contributed by atoms with Crippen molar-refractivity contribution in [3.8, 4) is 0 Å². The summed E-state index contributed by atoms with van der Waals surface area (Å²) in [6.07, 6.45) is 9.24. The van der Waals surface area contributed by atoms with Crippen LogP contribution in [0.2, 0.25) is 0 Å². The van der Waals surface area contributed by atoms with Crippen LogP contribution in [-0.4, -0.2) is 24.6 Å². The van der Waals surface area contributed by atoms with Crippen molar-refractivity contribution in [1.29, 1.82) is 0 Å². The van der Waals surface area contributed by atoms with Gasteiger partial charge in [-0.05, 0) is 25.8 Å². The van der Waals surface area contributed by atoms with Gasteiger partial charge in [-0.15, -0.1) is 0 Å². The molecule has 0 saturated carbocycles. The second-order valence-corrected chi connectivity index (χ2v) is 4.36. The molecule has 0 aromatic carbocycles. The molecule has 1 saturated heterocycles. The van der Waals surface area contributed by atoms with Crippen LogP contribution < -0.4 is 10.2 Å². The molecule has 1 aromatic heterocycles. The summed E-state index contributed by atoms with van der Waals surface area (Å²) in [5.41, 5.74) is 2.39. The summed E-state index contributed by atoms with van der Waals surface area (Å²) in [5, 5.41) is 3.31. The zero-order valence-corrected chi connectivity index (χ0v) is 10.1. The smallest absolute Gasteiger partial charge is 0.0573 e. The van der Waals surface area contributed by atoms with Crippen LogP contribution in [0.25, 0.3) is 0 Å². The highest BCUT2D eigenvalue weighted by atomic mass is 15.1. The van der Waals surface area contributed by atoms with Crippen LogP contribution in [0.3, 0.4) is 0 Å². The Bertz CT molecular complexity index is 317. The van der Waals surface area contributed by atoms with Crippen molar-refractivity contribution in [1.82, 2.24) is 4.98 Å². The summed E-state index contributed by atoms with van der Waals surface area (Å²) in [5.74, 6) is 0. The average molecular weight is 219 g/mol. The van der Waals surface area contributed by atoms with Crippen molar-refractivity contribution in [2.24, 2.45) is 0 Å². The third kappa shape index (κ3) is 2.87. The van der Waals surface area contributed by atoms with Crippen LogP contribution in [0.15, 0.2) is 18.5 Å². The highest BCUT2D eigenvalue weighted by molar-refractivity contribution is 5.55. The molecule has 1 aromatic rings. The van der Waals surface area contributed by atoms with Crippen LogP contribution >= 0.6 is 0 Å². The van der Waals surface area contributed by atoms with Gasteiger partial charge in [-0.25, -0.2) is 0 Å². The monoisotopic (exact) mass is 219 g/mol. The lowest BCUT2D eigenvalue weighted by molar-refractivity contribution is 0.726. The molecule has 0 aliphatic carbocycles. The van der Waals surface area contributed by atoms with E-state index in [9.17, 15) is 0 Å². The topological polar surface area (TPSA) is 28.2 Å². The molecule has 1 aliphatic rings. The molecule has 0 bridgehead atoms. The van der Waals surface area contributed by atoms with E-state index in [2.05, 4.69) is 28.2 Å². The largest absolute Gasteiger partial charge is 0.384 e. The number of anilines is 2. The summed E-state index contributed by atoms with van der Waals surface area (Å²) >= 11 is 0. The maximum atomic E-state index is 4.30. The second-order valence-electron chi connectivity index (χ2n) is 4.36. The summed E-state index contributed by atoms with van der Waals surface area (Å²) in [4.78, 5) is 6.76. The number of aromatic nitrogens is 1. The maximum absolute atomic E-state index is 4.30. The molecular weight excluding hydrogens is 198 g/mol. The first-order valence-electron chi connectivity index (χ1n) is 6.34. The lowest BCUT2D eigenvalue weighted by Gasteiger charge is -2.22. The average Bonchev–Trinajstić information content (AvgIpc) is 2.58. The molecule has 1 N–H and O–H groups in total. The predicted molar refractivity (Wildman–Crippen MR) is 69.1 cm³/mol. The van der Waals surface area contributed by atoms with Crippen molar-refractivity contribution in [3.05, 3.63) is 18.5 Å². The van der Waals surface area contributed by atoms with E-state index in [1.54, 1.807) is 0 Å². The zero-order chi connectivity index (χ0) is 11.2. The molecule has 2 rings (SSSR count). The van der Waals surface area contributed by atoms with Gasteiger partial charge in [-0.3, -0.25) is 4.98 Å². The van der Waals surface area contributed by atoms with Gasteiger partial charge >= 0.3 is 0 Å². The number of hydrogen-bond acceptors (Lipinski definition) is 3. The third-order valence-corrected chi connectivity index (χ3v) is 3.08. The Labute approximate surface area is 97.9 Å². The first kappa shape index (κ1) is 11.2. The third-order valence-electron chi connectivity index (χ3n) is 3.08. The molecule has 2 heterocycles. The van der Waals surface area contributed by atoms with Gasteiger partial charge in [0.05, 0.1) is 23.8 Å². The van der Waals surface area contributed by atoms with Gasteiger partial charge in [0.1, 0.15) is 0 Å². The van der Waals surface area contributed by atoms with Gasteiger partial charge in [0, 0.05) is 19.6 Å². The number of pyridine rings is 1. The SMILES string of the molecule is CCNc1cncc(N2CCCCCC2)c1. The minimum atomic E-state index is 0.950. The first-order chi connectivity index (χ1) is 7.90. The van der Waals surface area contributed by atoms with Crippen molar-refractivity contribution in [2.45, 2.75) is 32.6 Å². The number of rotatable bonds is 3. The fourth-order valence-electron chi connectivity index (χ4n) is 2.23. The van der Waals surface area contributed by atoms with Crippen LogP contribution in [0.5, 0.6) is 0 Å². The van der Waals surface area contributed by atoms with Crippen LogP contribution in [0, 0.1) is 0 Å². The molecular formula is C13H21N3. The number of hydrogen-bond donors (Lipinski definition) is 1. The Balaban J connectivity index is 2.08. The lowest BCUT2D eigenvalue weighted by Crippen LogP contribution is -2.24. The fraction of sp³-hybridized carbons (Fsp3) is 0.615. The molecule has 3 heteroatoms. The molecule has 3 nitrogen and oxygen atoms in total. The molecule has 1 fully saturated rings. The number of nitrogens with zero attached hydrogens (tertiary/aromatic N) is 2. The van der Waals surface area contributed by atoms with Gasteiger partial charge in [-0.1, -0.05) is 12.8 Å². The van der Waals surface area contributed by atoms with Crippen LogP contribution in [-0.2, 0) is 0 Å². The fourth-order valence-corrected chi connectivity index (χ4v) is 2.23. The van der Waals surface area contributed by atoms with E-state index in [4.69, 9.17) is 0 Å². The highest BCUT2D eigenvalue weighted by Crippen LogP contribution is 2.21. The van der Waals surface area contributed by atoms with E-state index in [-0.39, 0.29) is 0 Å². The summed E-state index contributed by atoms with van der Waals surface area (Å²) in [6, 6.07) is 2.21. The van der Waals surface area contributed by atoms with Crippen molar-refractivity contribution in [3.63, 3.8) is 0 Å². The Hall–Kier alpha value is -1.25. The summed E-state index contributed by atoms with van der Waals surface area (Å²) in [6.45, 7) is 5.41. The lowest BCUT2D eigenvalue weighted by atomic mass is 10.2. The van der Waals surface area contributed by atoms with E-state index in [1.807, 2.05) is 12.4 Å². The second kappa shape index (κ2) is 5.73. The minimum Gasteiger partial charge on any atom is -0.384 e. The van der Waals surface area contributed by atoms with Crippen LogP contribution in [0.4, 0.5) is 11.4 Å². The van der Waals surface area contributed by atoms with Crippen LogP contribution in [0.1, 0.15) is 32.6 Å². The van der Waals surface area contributed by atoms with E-state index in [1.165, 1.54) is 44.5 Å². The normalized spacial score (nSPS) is 16.9. The standard InChI is InChI=1S/C13H21N3/c1-2-15-12-9-13(11-14-10-12)16-7-5-3-4-6-8-16/h9-11,15H,2-8H2,1H3. The molecule has 0 unspecified atom stereocenters. The molecule has 16 heavy (non-hydrogen) atoms. The summed E-state index contributed by atoms with van der Waals surface area (Å²) in [7, 11) is 0. The molecule has 1 aliphatic heterocycles. The summed E-state index contributed by atoms with van der Waals surface area (Å²) < 4.78 is 0. The van der Waals surface area contributed by atoms with E-state index < -0.39 is 0 Å². The Morgan fingerprint density at radius 1 is 1.19 bits per heavy atom. The quantitative estimate of drug-likeness (QED) is 0.847. The predicted octanol–water partition coefficient (Wildman–Crippen LogP) is 2.89. The Kier molecular flexibility index (Phi) is 4.03. The van der Waals surface area contributed by atoms with Crippen molar-refractivity contribution >= 4 is 11.4 Å². The molecule has 88 valence electrons. The van der Waals surface area contributed by atoms with E-state index in [0.717, 1.165) is 12.2 Å². The number of nitrogens with one attached hydrogen (secondary N) is 1. The van der Waals surface area contributed by atoms with Crippen molar-refractivity contribution in [2.75, 3.05) is 29.9 Å². The molecule has 0 amide bonds. The molecule has 0 radical (unpaired) electrons. The van der Waals surface area contributed by atoms with Gasteiger partial charge in [0.25, 0.3) is 0 Å². The minimum absolute atomic E-state index is 0.950. The first-order valence-corrected chi connectivity index (χ1v) is 6.34. The Morgan fingerprint density at radius 2 is 1.94 bits per heavy atom. The van der Waals surface area contributed by atoms with E-state index >= 15 is 0 Å². The van der Waals surface area contributed by atoms with Gasteiger partial charge in [0.2, 0.25) is 0 Å². The van der Waals surface area contributed by atoms with Crippen molar-refractivity contribution < 1.29 is 0 Å².